The number of rotatable bonds is 3. The maximum Gasteiger partial charge on any atom is 0.123 e. The molecule has 1 saturated carbocycles. The molecule has 1 aromatic rings. The third kappa shape index (κ3) is 2.17. The SMILES string of the molecule is COc1ccc(F)cc1C(Br)C1CC1C. The van der Waals surface area contributed by atoms with E-state index in [1.165, 1.54) is 12.5 Å². The number of hydrogen-bond donors (Lipinski definition) is 0. The molecule has 1 nitrogen and oxygen atoms in total. The number of hydrogen-bond acceptors (Lipinski definition) is 1. The lowest BCUT2D eigenvalue weighted by molar-refractivity contribution is 0.406. The van der Waals surface area contributed by atoms with Gasteiger partial charge in [0.2, 0.25) is 0 Å². The first-order valence-electron chi connectivity index (χ1n) is 5.11. The molecule has 0 N–H and O–H groups in total. The molecule has 1 fully saturated rings. The molecule has 1 aliphatic rings. The monoisotopic (exact) mass is 272 g/mol. The molecule has 15 heavy (non-hydrogen) atoms. The number of alkyl halides is 1. The van der Waals surface area contributed by atoms with Crippen LogP contribution in [0.15, 0.2) is 18.2 Å². The van der Waals surface area contributed by atoms with Crippen LogP contribution in [0.4, 0.5) is 4.39 Å². The molecule has 3 heteroatoms. The Morgan fingerprint density at radius 2 is 2.20 bits per heavy atom. The highest BCUT2D eigenvalue weighted by Gasteiger charge is 2.39. The van der Waals surface area contributed by atoms with Crippen LogP contribution in [-0.2, 0) is 0 Å². The van der Waals surface area contributed by atoms with Crippen molar-refractivity contribution in [1.29, 1.82) is 0 Å². The largest absolute Gasteiger partial charge is 0.496 e. The lowest BCUT2D eigenvalue weighted by Gasteiger charge is -2.13. The lowest BCUT2D eigenvalue weighted by Crippen LogP contribution is -1.98. The second-order valence-electron chi connectivity index (χ2n) is 4.16. The van der Waals surface area contributed by atoms with Gasteiger partial charge in [-0.1, -0.05) is 22.9 Å². The minimum Gasteiger partial charge on any atom is -0.496 e. The highest BCUT2D eigenvalue weighted by molar-refractivity contribution is 9.09. The van der Waals surface area contributed by atoms with Gasteiger partial charge in [-0.3, -0.25) is 0 Å². The Bertz CT molecular complexity index is 367. The molecular formula is C12H14BrFO. The quantitative estimate of drug-likeness (QED) is 0.758. The molecule has 3 unspecified atom stereocenters. The lowest BCUT2D eigenvalue weighted by atomic mass is 10.1. The van der Waals surface area contributed by atoms with Crippen molar-refractivity contribution in [3.05, 3.63) is 29.6 Å². The third-order valence-electron chi connectivity index (χ3n) is 3.04. The average molecular weight is 273 g/mol. The summed E-state index contributed by atoms with van der Waals surface area (Å²) in [5, 5.41) is 0. The Morgan fingerprint density at radius 3 is 2.73 bits per heavy atom. The molecule has 0 heterocycles. The van der Waals surface area contributed by atoms with Crippen molar-refractivity contribution in [3.8, 4) is 5.75 Å². The van der Waals surface area contributed by atoms with E-state index in [-0.39, 0.29) is 10.6 Å². The molecule has 82 valence electrons. The van der Waals surface area contributed by atoms with Crippen molar-refractivity contribution in [1.82, 2.24) is 0 Å². The molecule has 0 aliphatic heterocycles. The van der Waals surface area contributed by atoms with Crippen LogP contribution in [0.1, 0.15) is 23.7 Å². The van der Waals surface area contributed by atoms with E-state index in [2.05, 4.69) is 22.9 Å². The summed E-state index contributed by atoms with van der Waals surface area (Å²) in [6, 6.07) is 4.67. The molecule has 3 atom stereocenters. The van der Waals surface area contributed by atoms with Crippen LogP contribution >= 0.6 is 15.9 Å². The minimum absolute atomic E-state index is 0.205. The van der Waals surface area contributed by atoms with Crippen molar-refractivity contribution < 1.29 is 9.13 Å². The Kier molecular flexibility index (Phi) is 3.01. The summed E-state index contributed by atoms with van der Waals surface area (Å²) in [5.74, 6) is 1.89. The summed E-state index contributed by atoms with van der Waals surface area (Å²) < 4.78 is 18.4. The molecule has 1 aromatic carbocycles. The van der Waals surface area contributed by atoms with Crippen LogP contribution < -0.4 is 4.74 Å². The van der Waals surface area contributed by atoms with Gasteiger partial charge in [0.25, 0.3) is 0 Å². The number of methoxy groups -OCH3 is 1. The zero-order valence-corrected chi connectivity index (χ0v) is 10.4. The Balaban J connectivity index is 2.28. The fourth-order valence-electron chi connectivity index (χ4n) is 1.91. The summed E-state index contributed by atoms with van der Waals surface area (Å²) in [6.07, 6.45) is 1.20. The van der Waals surface area contributed by atoms with Crippen LogP contribution in [0.2, 0.25) is 0 Å². The van der Waals surface area contributed by atoms with E-state index in [9.17, 15) is 4.39 Å². The second-order valence-corrected chi connectivity index (χ2v) is 5.15. The molecule has 0 saturated heterocycles. The van der Waals surface area contributed by atoms with Gasteiger partial charge in [-0.25, -0.2) is 4.39 Å². The molecule has 2 rings (SSSR count). The topological polar surface area (TPSA) is 9.23 Å². The average Bonchev–Trinajstić information content (AvgIpc) is 2.94. The van der Waals surface area contributed by atoms with Crippen molar-refractivity contribution in [2.24, 2.45) is 11.8 Å². The van der Waals surface area contributed by atoms with Crippen molar-refractivity contribution in [3.63, 3.8) is 0 Å². The maximum absolute atomic E-state index is 13.1. The summed E-state index contributed by atoms with van der Waals surface area (Å²) in [5.41, 5.74) is 0.923. The van der Waals surface area contributed by atoms with E-state index in [1.807, 2.05) is 0 Å². The Morgan fingerprint density at radius 1 is 1.53 bits per heavy atom. The Hall–Kier alpha value is -0.570. The molecule has 0 amide bonds. The number of benzene rings is 1. The van der Waals surface area contributed by atoms with Crippen molar-refractivity contribution >= 4 is 15.9 Å². The summed E-state index contributed by atoms with van der Waals surface area (Å²) in [7, 11) is 1.62. The number of halogens is 2. The normalized spacial score (nSPS) is 26.1. The molecule has 0 bridgehead atoms. The fraction of sp³-hybridized carbons (Fsp3) is 0.500. The third-order valence-corrected chi connectivity index (χ3v) is 4.21. The minimum atomic E-state index is -0.205. The molecule has 0 radical (unpaired) electrons. The smallest absolute Gasteiger partial charge is 0.123 e. The predicted molar refractivity (Wildman–Crippen MR) is 61.9 cm³/mol. The van der Waals surface area contributed by atoms with Gasteiger partial charge in [0.15, 0.2) is 0 Å². The van der Waals surface area contributed by atoms with Crippen molar-refractivity contribution in [2.75, 3.05) is 7.11 Å². The summed E-state index contributed by atoms with van der Waals surface area (Å²) >= 11 is 3.63. The molecule has 0 aromatic heterocycles. The highest BCUT2D eigenvalue weighted by atomic mass is 79.9. The van der Waals surface area contributed by atoms with Gasteiger partial charge in [0.1, 0.15) is 11.6 Å². The molecular weight excluding hydrogens is 259 g/mol. The van der Waals surface area contributed by atoms with Gasteiger partial charge < -0.3 is 4.74 Å². The highest BCUT2D eigenvalue weighted by Crippen LogP contribution is 2.52. The van der Waals surface area contributed by atoms with Gasteiger partial charge in [-0.05, 0) is 36.5 Å². The van der Waals surface area contributed by atoms with E-state index in [4.69, 9.17) is 4.74 Å². The first-order valence-corrected chi connectivity index (χ1v) is 6.02. The molecule has 0 spiro atoms. The van der Waals surface area contributed by atoms with E-state index in [1.54, 1.807) is 19.2 Å². The standard InChI is InChI=1S/C12H14BrFO/c1-7-5-9(7)12(13)10-6-8(14)3-4-11(10)15-2/h3-4,6-7,9,12H,5H2,1-2H3. The van der Waals surface area contributed by atoms with Crippen molar-refractivity contribution in [2.45, 2.75) is 18.2 Å². The van der Waals surface area contributed by atoms with E-state index in [0.29, 0.717) is 5.92 Å². The fourth-order valence-corrected chi connectivity index (χ4v) is 3.00. The predicted octanol–water partition coefficient (Wildman–Crippen LogP) is 3.93. The second kappa shape index (κ2) is 4.12. The van der Waals surface area contributed by atoms with Gasteiger partial charge in [-0.2, -0.15) is 0 Å². The number of ether oxygens (including phenoxy) is 1. The van der Waals surface area contributed by atoms with Crippen LogP contribution in [-0.4, -0.2) is 7.11 Å². The first kappa shape index (κ1) is 10.9. The van der Waals surface area contributed by atoms with Gasteiger partial charge in [0.05, 0.1) is 7.11 Å². The van der Waals surface area contributed by atoms with Gasteiger partial charge in [-0.15, -0.1) is 0 Å². The van der Waals surface area contributed by atoms with E-state index in [0.717, 1.165) is 17.2 Å². The maximum atomic E-state index is 13.1. The Labute approximate surface area is 97.8 Å². The summed E-state index contributed by atoms with van der Waals surface area (Å²) in [6.45, 7) is 2.21. The van der Waals surface area contributed by atoms with Crippen LogP contribution in [0.5, 0.6) is 5.75 Å². The molecule has 1 aliphatic carbocycles. The zero-order chi connectivity index (χ0) is 11.0. The van der Waals surface area contributed by atoms with E-state index >= 15 is 0 Å². The zero-order valence-electron chi connectivity index (χ0n) is 8.84. The van der Waals surface area contributed by atoms with Crippen LogP contribution in [0.25, 0.3) is 0 Å². The first-order chi connectivity index (χ1) is 7.13. The van der Waals surface area contributed by atoms with Gasteiger partial charge in [0, 0.05) is 10.4 Å². The van der Waals surface area contributed by atoms with Crippen LogP contribution in [0, 0.1) is 17.7 Å². The summed E-state index contributed by atoms with van der Waals surface area (Å²) in [4.78, 5) is 0.207. The van der Waals surface area contributed by atoms with Gasteiger partial charge >= 0.3 is 0 Å². The van der Waals surface area contributed by atoms with Crippen LogP contribution in [0.3, 0.4) is 0 Å². The van der Waals surface area contributed by atoms with E-state index < -0.39 is 0 Å².